The van der Waals surface area contributed by atoms with Gasteiger partial charge in [-0.25, -0.2) is 0 Å². The van der Waals surface area contributed by atoms with Crippen LogP contribution in [0.5, 0.6) is 5.75 Å². The number of primary amides is 1. The normalized spacial score (nSPS) is 11.3. The van der Waals surface area contributed by atoms with E-state index >= 15 is 0 Å². The van der Waals surface area contributed by atoms with Crippen molar-refractivity contribution in [1.29, 1.82) is 0 Å². The molecule has 2 aromatic carbocycles. The fourth-order valence-corrected chi connectivity index (χ4v) is 3.37. The van der Waals surface area contributed by atoms with E-state index in [0.29, 0.717) is 16.8 Å². The number of carbonyl (C=O) groups excluding carboxylic acids is 2. The number of nitrogens with zero attached hydrogens (tertiary/aromatic N) is 2. The number of amides is 2. The zero-order valence-electron chi connectivity index (χ0n) is 19.3. The van der Waals surface area contributed by atoms with E-state index in [1.54, 1.807) is 36.4 Å². The highest BCUT2D eigenvalue weighted by molar-refractivity contribution is 6.39. The lowest BCUT2D eigenvalue weighted by Crippen LogP contribution is -2.34. The highest BCUT2D eigenvalue weighted by Crippen LogP contribution is 2.25. The van der Waals surface area contributed by atoms with Crippen LogP contribution in [0.3, 0.4) is 0 Å². The zero-order chi connectivity index (χ0) is 24.7. The van der Waals surface area contributed by atoms with Gasteiger partial charge in [-0.15, -0.1) is 0 Å². The number of hydrogen-bond donors (Lipinski definition) is 2. The zero-order valence-corrected chi connectivity index (χ0v) is 19.3. The second-order valence-corrected chi connectivity index (χ2v) is 7.86. The van der Waals surface area contributed by atoms with Crippen molar-refractivity contribution in [3.63, 3.8) is 0 Å². The third kappa shape index (κ3) is 6.48. The van der Waals surface area contributed by atoms with Crippen molar-refractivity contribution < 1.29 is 14.3 Å². The number of nitrogens with two attached hydrogens (primary N) is 1. The van der Waals surface area contributed by atoms with Gasteiger partial charge in [0.1, 0.15) is 21.4 Å². The Labute approximate surface area is 202 Å². The second-order valence-electron chi connectivity index (χ2n) is 7.86. The highest BCUT2D eigenvalue weighted by Gasteiger charge is 2.23. The van der Waals surface area contributed by atoms with E-state index in [-0.39, 0.29) is 17.2 Å². The molecule has 4 radical (unpaired) electrons. The summed E-state index contributed by atoms with van der Waals surface area (Å²) in [4.78, 5) is 30.3. The first-order valence-electron chi connectivity index (χ1n) is 11.0. The topological polar surface area (TPSA) is 97.5 Å². The largest absolute Gasteiger partial charge is 0.501 e. The monoisotopic (exact) mass is 452 g/mol. The van der Waals surface area contributed by atoms with E-state index in [2.05, 4.69) is 29.0 Å². The van der Waals surface area contributed by atoms with Crippen molar-refractivity contribution in [2.75, 3.05) is 18.4 Å². The molecule has 3 N–H and O–H groups in total. The fraction of sp³-hybridized carbons (Fsp3) is 0.240. The Morgan fingerprint density at radius 2 is 1.74 bits per heavy atom. The van der Waals surface area contributed by atoms with Crippen molar-refractivity contribution >= 4 is 33.2 Å². The van der Waals surface area contributed by atoms with Crippen LogP contribution in [0.1, 0.15) is 45.7 Å². The number of nitrogens with one attached hydrogen (secondary N) is 1. The maximum atomic E-state index is 12.7. The summed E-state index contributed by atoms with van der Waals surface area (Å²) in [5.41, 5.74) is 8.03. The Morgan fingerprint density at radius 1 is 1.03 bits per heavy atom. The molecule has 170 valence electrons. The maximum Gasteiger partial charge on any atom is 0.255 e. The van der Waals surface area contributed by atoms with E-state index in [1.807, 2.05) is 12.1 Å². The number of carbonyl (C=O) groups is 2. The fourth-order valence-electron chi connectivity index (χ4n) is 3.37. The van der Waals surface area contributed by atoms with Crippen LogP contribution in [0.15, 0.2) is 67.0 Å². The number of benzene rings is 2. The molecular weight excluding hydrogens is 426 g/mol. The molecule has 0 saturated carbocycles. The number of ether oxygens (including phenoxy) is 1. The van der Waals surface area contributed by atoms with E-state index in [1.165, 1.54) is 18.5 Å². The van der Waals surface area contributed by atoms with Crippen LogP contribution in [-0.2, 0) is 11.9 Å². The van der Waals surface area contributed by atoms with Gasteiger partial charge in [0.15, 0.2) is 0 Å². The van der Waals surface area contributed by atoms with Crippen LogP contribution in [0.25, 0.3) is 0 Å². The molecular formula is C25H26B2N4O3. The molecule has 3 rings (SSSR count). The Kier molecular flexibility index (Phi) is 8.12. The van der Waals surface area contributed by atoms with Crippen molar-refractivity contribution in [2.45, 2.75) is 25.8 Å². The molecule has 0 unspecified atom stereocenters. The molecule has 0 spiro atoms. The van der Waals surface area contributed by atoms with Gasteiger partial charge >= 0.3 is 0 Å². The van der Waals surface area contributed by atoms with Gasteiger partial charge in [-0.2, -0.15) is 0 Å². The predicted molar refractivity (Wildman–Crippen MR) is 134 cm³/mol. The van der Waals surface area contributed by atoms with E-state index in [4.69, 9.17) is 26.2 Å². The summed E-state index contributed by atoms with van der Waals surface area (Å²) in [6.45, 7) is 7.02. The Hall–Kier alpha value is -3.58. The minimum atomic E-state index is -1.75. The van der Waals surface area contributed by atoms with Crippen molar-refractivity contribution in [2.24, 2.45) is 5.73 Å². The molecule has 0 saturated heterocycles. The van der Waals surface area contributed by atoms with E-state index in [0.717, 1.165) is 25.2 Å². The summed E-state index contributed by atoms with van der Waals surface area (Å²) in [7, 11) is 12.4. The third-order valence-electron chi connectivity index (χ3n) is 5.37. The Morgan fingerprint density at radius 3 is 2.38 bits per heavy atom. The first kappa shape index (κ1) is 25.1. The minimum absolute atomic E-state index is 0.164. The van der Waals surface area contributed by atoms with Crippen molar-refractivity contribution in [1.82, 2.24) is 9.88 Å². The van der Waals surface area contributed by atoms with Crippen LogP contribution in [0.4, 0.5) is 5.69 Å². The average Bonchev–Trinajstić information content (AvgIpc) is 2.83. The number of rotatable bonds is 10. The van der Waals surface area contributed by atoms with Crippen LogP contribution in [0, 0.1) is 0 Å². The number of pyridine rings is 1. The molecule has 0 fully saturated rings. The quantitative estimate of drug-likeness (QED) is 0.462. The van der Waals surface area contributed by atoms with Gasteiger partial charge in [-0.05, 0) is 54.5 Å². The first-order chi connectivity index (χ1) is 16.2. The maximum absolute atomic E-state index is 12.7. The molecule has 9 heteroatoms. The SMILES string of the molecule is [B]C([B])(Oc1cncc(C(N)=O)c1)c1cccc(NC(=O)c2ccc(CN(CC)CC)cc2)c1. The van der Waals surface area contributed by atoms with Crippen LogP contribution < -0.4 is 15.8 Å². The number of hydrogen-bond acceptors (Lipinski definition) is 5. The molecule has 34 heavy (non-hydrogen) atoms. The molecule has 0 aliphatic heterocycles. The summed E-state index contributed by atoms with van der Waals surface area (Å²) in [5.74, 6) is -0.727. The van der Waals surface area contributed by atoms with Crippen LogP contribution in [-0.4, -0.2) is 50.5 Å². The second kappa shape index (κ2) is 11.0. The van der Waals surface area contributed by atoms with Gasteiger partial charge in [0.25, 0.3) is 5.91 Å². The summed E-state index contributed by atoms with van der Waals surface area (Å²) < 4.78 is 5.66. The average molecular weight is 452 g/mol. The Bertz CT molecular complexity index is 1150. The minimum Gasteiger partial charge on any atom is -0.501 e. The van der Waals surface area contributed by atoms with Gasteiger partial charge in [0.2, 0.25) is 5.91 Å². The van der Waals surface area contributed by atoms with Crippen LogP contribution >= 0.6 is 0 Å². The summed E-state index contributed by atoms with van der Waals surface area (Å²) in [6, 6.07) is 15.6. The molecule has 1 aromatic heterocycles. The number of aromatic nitrogens is 1. The lowest BCUT2D eigenvalue weighted by Gasteiger charge is -2.29. The van der Waals surface area contributed by atoms with Gasteiger partial charge in [-0.3, -0.25) is 19.5 Å². The van der Waals surface area contributed by atoms with Crippen molar-refractivity contribution in [3.05, 3.63) is 89.2 Å². The summed E-state index contributed by atoms with van der Waals surface area (Å²) in [6.07, 6.45) is 2.69. The molecule has 0 atom stereocenters. The lowest BCUT2D eigenvalue weighted by atomic mass is 9.61. The molecule has 0 bridgehead atoms. The summed E-state index contributed by atoms with van der Waals surface area (Å²) >= 11 is 0. The van der Waals surface area contributed by atoms with Gasteiger partial charge in [-0.1, -0.05) is 38.1 Å². The molecule has 0 aliphatic rings. The van der Waals surface area contributed by atoms with Gasteiger partial charge in [0, 0.05) is 29.4 Å². The third-order valence-corrected chi connectivity index (χ3v) is 5.37. The van der Waals surface area contributed by atoms with Crippen LogP contribution in [0.2, 0.25) is 0 Å². The predicted octanol–water partition coefficient (Wildman–Crippen LogP) is 2.80. The molecule has 2 amide bonds. The smallest absolute Gasteiger partial charge is 0.255 e. The lowest BCUT2D eigenvalue weighted by molar-refractivity contribution is 0.0996. The molecule has 7 nitrogen and oxygen atoms in total. The van der Waals surface area contributed by atoms with E-state index < -0.39 is 11.3 Å². The molecule has 0 aliphatic carbocycles. The van der Waals surface area contributed by atoms with Gasteiger partial charge in [0.05, 0.1) is 11.8 Å². The van der Waals surface area contributed by atoms with Crippen molar-refractivity contribution in [3.8, 4) is 5.75 Å². The summed E-state index contributed by atoms with van der Waals surface area (Å²) in [5, 5.41) is 1.11. The Balaban J connectivity index is 1.70. The molecule has 1 heterocycles. The number of anilines is 1. The standard InChI is InChI=1S/C25H26B2N4O3/c1-3-31(4-2)16-17-8-10-18(11-9-17)24(33)30-21-7-5-6-20(13-21)25(26,27)34-22-12-19(23(28)32)14-29-15-22/h5-15H,3-4,16H2,1-2H3,(H2,28,32)(H,30,33). The highest BCUT2D eigenvalue weighted by atomic mass is 16.5. The first-order valence-corrected chi connectivity index (χ1v) is 11.0. The molecule has 3 aromatic rings. The van der Waals surface area contributed by atoms with Gasteiger partial charge < -0.3 is 15.8 Å². The van der Waals surface area contributed by atoms with E-state index in [9.17, 15) is 9.59 Å².